The second-order valence-corrected chi connectivity index (χ2v) is 16.7. The van der Waals surface area contributed by atoms with Crippen molar-refractivity contribution in [3.63, 3.8) is 0 Å². The summed E-state index contributed by atoms with van der Waals surface area (Å²) in [5.74, 6) is 0. The number of hydrogen-bond donors (Lipinski definition) is 0. The number of rotatable bonds is 7. The van der Waals surface area contributed by atoms with E-state index in [2.05, 4.69) is 217 Å². The SMILES string of the molecule is c1ccc(-c2cccc3ccccc23)c(-c2ccc(N(c3ccc(-c4ccc5c(c4)sc4ccccc45)cc3)c3ccccc3-c3ccc4c(c3)oc3ccccc34)cc2)c1. The average Bonchev–Trinajstić information content (AvgIpc) is 3.90. The molecule has 61 heavy (non-hydrogen) atoms. The third kappa shape index (κ3) is 6.09. The highest BCUT2D eigenvalue weighted by Gasteiger charge is 2.20. The van der Waals surface area contributed by atoms with Crippen molar-refractivity contribution in [1.82, 2.24) is 0 Å². The second-order valence-electron chi connectivity index (χ2n) is 15.6. The third-order valence-corrected chi connectivity index (χ3v) is 13.2. The van der Waals surface area contributed by atoms with Crippen molar-refractivity contribution < 1.29 is 4.42 Å². The number of thiophene rings is 1. The van der Waals surface area contributed by atoms with Crippen LogP contribution in [-0.2, 0) is 0 Å². The van der Waals surface area contributed by atoms with Crippen LogP contribution in [-0.4, -0.2) is 0 Å². The molecule has 0 radical (unpaired) electrons. The van der Waals surface area contributed by atoms with Gasteiger partial charge in [0.1, 0.15) is 11.2 Å². The Hall–Kier alpha value is -7.72. The summed E-state index contributed by atoms with van der Waals surface area (Å²) in [6, 6.07) is 81.2. The molecule has 2 aromatic heterocycles. The van der Waals surface area contributed by atoms with Crippen molar-refractivity contribution in [2.24, 2.45) is 0 Å². The monoisotopic (exact) mass is 795 g/mol. The number of benzene rings is 10. The van der Waals surface area contributed by atoms with Crippen LogP contribution in [0.2, 0.25) is 0 Å². The van der Waals surface area contributed by atoms with Crippen LogP contribution in [0, 0.1) is 0 Å². The molecule has 2 nitrogen and oxygen atoms in total. The Bertz CT molecular complexity index is 3590. The summed E-state index contributed by atoms with van der Waals surface area (Å²) in [6.45, 7) is 0. The van der Waals surface area contributed by atoms with Gasteiger partial charge in [-0.2, -0.15) is 0 Å². The van der Waals surface area contributed by atoms with E-state index >= 15 is 0 Å². The highest BCUT2D eigenvalue weighted by molar-refractivity contribution is 7.25. The van der Waals surface area contributed by atoms with Crippen molar-refractivity contribution in [3.8, 4) is 44.5 Å². The van der Waals surface area contributed by atoms with Crippen molar-refractivity contribution in [1.29, 1.82) is 0 Å². The Balaban J connectivity index is 0.976. The first-order chi connectivity index (χ1) is 30.2. The zero-order valence-electron chi connectivity index (χ0n) is 33.1. The van der Waals surface area contributed by atoms with Crippen LogP contribution in [0.1, 0.15) is 0 Å². The summed E-state index contributed by atoms with van der Waals surface area (Å²) in [4.78, 5) is 2.39. The van der Waals surface area contributed by atoms with Gasteiger partial charge in [-0.25, -0.2) is 0 Å². The summed E-state index contributed by atoms with van der Waals surface area (Å²) in [5.41, 5.74) is 14.5. The first-order valence-corrected chi connectivity index (χ1v) is 21.6. The van der Waals surface area contributed by atoms with E-state index in [1.165, 1.54) is 64.3 Å². The Morgan fingerprint density at radius 1 is 0.311 bits per heavy atom. The molecule has 0 spiro atoms. The lowest BCUT2D eigenvalue weighted by Gasteiger charge is -2.28. The number of furan rings is 1. The minimum Gasteiger partial charge on any atom is -0.456 e. The second kappa shape index (κ2) is 14.5. The lowest BCUT2D eigenvalue weighted by Crippen LogP contribution is -2.11. The van der Waals surface area contributed by atoms with E-state index < -0.39 is 0 Å². The summed E-state index contributed by atoms with van der Waals surface area (Å²) < 4.78 is 9.02. The molecular formula is C58H37NOS. The van der Waals surface area contributed by atoms with Gasteiger partial charge in [-0.15, -0.1) is 11.3 Å². The minimum atomic E-state index is 0.884. The molecule has 0 amide bonds. The number of fused-ring (bicyclic) bond motifs is 7. The van der Waals surface area contributed by atoms with Crippen LogP contribution in [0.25, 0.3) is 97.4 Å². The molecule has 0 aliphatic carbocycles. The van der Waals surface area contributed by atoms with E-state index in [9.17, 15) is 0 Å². The van der Waals surface area contributed by atoms with E-state index in [-0.39, 0.29) is 0 Å². The van der Waals surface area contributed by atoms with Gasteiger partial charge in [0, 0.05) is 47.9 Å². The van der Waals surface area contributed by atoms with E-state index in [4.69, 9.17) is 4.42 Å². The maximum Gasteiger partial charge on any atom is 0.136 e. The van der Waals surface area contributed by atoms with Crippen LogP contribution >= 0.6 is 11.3 Å². The van der Waals surface area contributed by atoms with Crippen molar-refractivity contribution in [2.75, 3.05) is 4.90 Å². The van der Waals surface area contributed by atoms with E-state index in [0.29, 0.717) is 0 Å². The van der Waals surface area contributed by atoms with E-state index in [1.54, 1.807) is 0 Å². The van der Waals surface area contributed by atoms with Gasteiger partial charge < -0.3 is 9.32 Å². The van der Waals surface area contributed by atoms with E-state index in [0.717, 1.165) is 50.1 Å². The van der Waals surface area contributed by atoms with Gasteiger partial charge in [0.15, 0.2) is 0 Å². The zero-order chi connectivity index (χ0) is 40.3. The third-order valence-electron chi connectivity index (χ3n) is 12.1. The lowest BCUT2D eigenvalue weighted by atomic mass is 9.91. The van der Waals surface area contributed by atoms with Crippen LogP contribution < -0.4 is 4.90 Å². The molecule has 0 N–H and O–H groups in total. The molecule has 0 bridgehead atoms. The Morgan fingerprint density at radius 3 is 1.70 bits per heavy atom. The van der Waals surface area contributed by atoms with Crippen LogP contribution in [0.15, 0.2) is 229 Å². The maximum absolute atomic E-state index is 6.39. The van der Waals surface area contributed by atoms with Gasteiger partial charge in [0.2, 0.25) is 0 Å². The molecule has 0 saturated carbocycles. The quantitative estimate of drug-likeness (QED) is 0.160. The molecular weight excluding hydrogens is 759 g/mol. The summed E-state index contributed by atoms with van der Waals surface area (Å²) in [7, 11) is 0. The van der Waals surface area contributed by atoms with Crippen molar-refractivity contribution in [3.05, 3.63) is 224 Å². The first kappa shape index (κ1) is 35.2. The molecule has 0 fully saturated rings. The van der Waals surface area contributed by atoms with Gasteiger partial charge in [-0.1, -0.05) is 164 Å². The fraction of sp³-hybridized carbons (Fsp3) is 0. The molecule has 0 unspecified atom stereocenters. The smallest absolute Gasteiger partial charge is 0.136 e. The summed E-state index contributed by atoms with van der Waals surface area (Å²) in [5, 5.41) is 7.38. The number of hydrogen-bond acceptors (Lipinski definition) is 3. The maximum atomic E-state index is 6.39. The molecule has 286 valence electrons. The molecule has 0 aliphatic rings. The average molecular weight is 796 g/mol. The van der Waals surface area contributed by atoms with Crippen LogP contribution in [0.5, 0.6) is 0 Å². The number of para-hydroxylation sites is 2. The predicted octanol–water partition coefficient (Wildman–Crippen LogP) is 17.2. The fourth-order valence-electron chi connectivity index (χ4n) is 9.16. The molecule has 0 aliphatic heterocycles. The van der Waals surface area contributed by atoms with Gasteiger partial charge in [-0.3, -0.25) is 0 Å². The molecule has 0 atom stereocenters. The minimum absolute atomic E-state index is 0.884. The topological polar surface area (TPSA) is 16.4 Å². The van der Waals surface area contributed by atoms with Crippen molar-refractivity contribution in [2.45, 2.75) is 0 Å². The Morgan fingerprint density at radius 2 is 0.869 bits per heavy atom. The van der Waals surface area contributed by atoms with Crippen LogP contribution in [0.3, 0.4) is 0 Å². The molecule has 10 aromatic carbocycles. The molecule has 3 heteroatoms. The Labute approximate surface area is 357 Å². The first-order valence-electron chi connectivity index (χ1n) is 20.7. The van der Waals surface area contributed by atoms with Gasteiger partial charge in [0.25, 0.3) is 0 Å². The van der Waals surface area contributed by atoms with Gasteiger partial charge in [0.05, 0.1) is 5.69 Å². The molecule has 12 aromatic rings. The highest BCUT2D eigenvalue weighted by Crippen LogP contribution is 2.44. The number of nitrogens with zero attached hydrogens (tertiary/aromatic N) is 1. The van der Waals surface area contributed by atoms with Gasteiger partial charge >= 0.3 is 0 Å². The van der Waals surface area contributed by atoms with Crippen LogP contribution in [0.4, 0.5) is 17.1 Å². The predicted molar refractivity (Wildman–Crippen MR) is 261 cm³/mol. The summed E-state index contributed by atoms with van der Waals surface area (Å²) >= 11 is 1.86. The summed E-state index contributed by atoms with van der Waals surface area (Å²) in [6.07, 6.45) is 0. The van der Waals surface area contributed by atoms with Crippen molar-refractivity contribution >= 4 is 81.3 Å². The van der Waals surface area contributed by atoms with E-state index in [1.807, 2.05) is 23.5 Å². The van der Waals surface area contributed by atoms with Gasteiger partial charge in [-0.05, 0) is 110 Å². The number of anilines is 3. The molecule has 2 heterocycles. The molecule has 0 saturated heterocycles. The zero-order valence-corrected chi connectivity index (χ0v) is 33.9. The molecule has 12 rings (SSSR count). The highest BCUT2D eigenvalue weighted by atomic mass is 32.1. The largest absolute Gasteiger partial charge is 0.456 e. The fourth-order valence-corrected chi connectivity index (χ4v) is 10.3. The Kier molecular flexibility index (Phi) is 8.39. The normalized spacial score (nSPS) is 11.6. The standard InChI is InChI=1S/C58H37NOS/c1-2-14-45-39(12-1)13-11-20-49(45)48-17-4-3-15-46(48)40-26-32-44(33-27-40)59(43-30-24-38(25-31-43)41-28-35-53-52-19-7-10-23-57(52)61-58(53)37-41)54-21-8-5-16-47(54)42-29-34-51-50-18-6-9-22-55(50)60-56(51)36-42/h1-37H. The lowest BCUT2D eigenvalue weighted by molar-refractivity contribution is 0.669.